The highest BCUT2D eigenvalue weighted by Gasteiger charge is 2.16. The Balaban J connectivity index is 2.63. The van der Waals surface area contributed by atoms with Crippen LogP contribution in [-0.2, 0) is 6.61 Å². The van der Waals surface area contributed by atoms with Gasteiger partial charge in [0.25, 0.3) is 0 Å². The first-order valence-electron chi connectivity index (χ1n) is 5.35. The average Bonchev–Trinajstić information content (AvgIpc) is 2.38. The molecule has 2 aromatic rings. The lowest BCUT2D eigenvalue weighted by Gasteiger charge is -2.08. The minimum atomic E-state index is -1.31. The lowest BCUT2D eigenvalue weighted by atomic mass is 9.98. The van der Waals surface area contributed by atoms with Crippen molar-refractivity contribution in [3.8, 4) is 11.1 Å². The van der Waals surface area contributed by atoms with Crippen molar-refractivity contribution in [1.29, 1.82) is 0 Å². The number of hydrogen-bond donors (Lipinski definition) is 2. The molecule has 4 heteroatoms. The van der Waals surface area contributed by atoms with Crippen LogP contribution in [-0.4, -0.2) is 16.2 Å². The van der Waals surface area contributed by atoms with Crippen molar-refractivity contribution in [2.24, 2.45) is 0 Å². The van der Waals surface area contributed by atoms with Crippen LogP contribution >= 0.6 is 0 Å². The number of hydrogen-bond acceptors (Lipinski definition) is 2. The third-order valence-corrected chi connectivity index (χ3v) is 2.65. The lowest BCUT2D eigenvalue weighted by Crippen LogP contribution is -2.03. The Labute approximate surface area is 103 Å². The van der Waals surface area contributed by atoms with Crippen LogP contribution in [0.4, 0.5) is 4.39 Å². The largest absolute Gasteiger partial charge is 0.478 e. The first kappa shape index (κ1) is 12.3. The average molecular weight is 246 g/mol. The maximum absolute atomic E-state index is 13.5. The van der Waals surface area contributed by atoms with Crippen molar-refractivity contribution < 1.29 is 19.4 Å². The number of aliphatic hydroxyl groups is 1. The molecule has 0 radical (unpaired) electrons. The standard InChI is InChI=1S/C14H11FO3/c15-12-6-2-5-11(13(12)14(17)18)10-4-1-3-9(7-10)8-16/h1-7,16H,8H2,(H,17,18). The van der Waals surface area contributed by atoms with Crippen molar-refractivity contribution in [2.45, 2.75) is 6.61 Å². The molecule has 3 nitrogen and oxygen atoms in total. The number of halogens is 1. The zero-order valence-electron chi connectivity index (χ0n) is 9.43. The third kappa shape index (κ3) is 2.24. The molecule has 2 aromatic carbocycles. The van der Waals surface area contributed by atoms with E-state index < -0.39 is 11.8 Å². The van der Waals surface area contributed by atoms with Gasteiger partial charge in [-0.05, 0) is 28.8 Å². The van der Waals surface area contributed by atoms with E-state index in [1.807, 2.05) is 0 Å². The van der Waals surface area contributed by atoms with Crippen molar-refractivity contribution in [3.05, 3.63) is 59.4 Å². The fourth-order valence-electron chi connectivity index (χ4n) is 1.82. The normalized spacial score (nSPS) is 10.3. The Morgan fingerprint density at radius 3 is 2.56 bits per heavy atom. The highest BCUT2D eigenvalue weighted by Crippen LogP contribution is 2.26. The van der Waals surface area contributed by atoms with E-state index in [2.05, 4.69) is 0 Å². The summed E-state index contributed by atoms with van der Waals surface area (Å²) < 4.78 is 13.5. The van der Waals surface area contributed by atoms with Crippen LogP contribution in [0.3, 0.4) is 0 Å². The summed E-state index contributed by atoms with van der Waals surface area (Å²) in [7, 11) is 0. The SMILES string of the molecule is O=C(O)c1c(F)cccc1-c1cccc(CO)c1. The number of aromatic carboxylic acids is 1. The number of rotatable bonds is 3. The Bertz CT molecular complexity index is 593. The molecule has 0 fully saturated rings. The van der Waals surface area contributed by atoms with Crippen LogP contribution in [0.25, 0.3) is 11.1 Å². The highest BCUT2D eigenvalue weighted by atomic mass is 19.1. The molecular formula is C14H11FO3. The summed E-state index contributed by atoms with van der Waals surface area (Å²) in [5.41, 5.74) is 1.16. The Morgan fingerprint density at radius 1 is 1.17 bits per heavy atom. The molecule has 0 amide bonds. The first-order chi connectivity index (χ1) is 8.63. The predicted octanol–water partition coefficient (Wildman–Crippen LogP) is 2.68. The quantitative estimate of drug-likeness (QED) is 0.875. The smallest absolute Gasteiger partial charge is 0.339 e. The van der Waals surface area contributed by atoms with Gasteiger partial charge in [-0.25, -0.2) is 9.18 Å². The molecular weight excluding hydrogens is 235 g/mol. The van der Waals surface area contributed by atoms with Crippen LogP contribution in [0.1, 0.15) is 15.9 Å². The van der Waals surface area contributed by atoms with Gasteiger partial charge in [0.1, 0.15) is 11.4 Å². The fourth-order valence-corrected chi connectivity index (χ4v) is 1.82. The molecule has 92 valence electrons. The molecule has 2 N–H and O–H groups in total. The van der Waals surface area contributed by atoms with Crippen LogP contribution < -0.4 is 0 Å². The van der Waals surface area contributed by atoms with Gasteiger partial charge in [0.05, 0.1) is 6.61 Å². The lowest BCUT2D eigenvalue weighted by molar-refractivity contribution is 0.0693. The van der Waals surface area contributed by atoms with Gasteiger partial charge in [0.15, 0.2) is 0 Å². The van der Waals surface area contributed by atoms with E-state index in [1.54, 1.807) is 30.3 Å². The van der Waals surface area contributed by atoms with Crippen LogP contribution in [0.15, 0.2) is 42.5 Å². The van der Waals surface area contributed by atoms with Gasteiger partial charge < -0.3 is 10.2 Å². The molecule has 0 atom stereocenters. The van der Waals surface area contributed by atoms with Gasteiger partial charge in [-0.15, -0.1) is 0 Å². The molecule has 0 aliphatic heterocycles. The summed E-state index contributed by atoms with van der Waals surface area (Å²) in [6, 6.07) is 10.8. The minimum absolute atomic E-state index is 0.147. The maximum atomic E-state index is 13.5. The summed E-state index contributed by atoms with van der Waals surface area (Å²) in [6.45, 7) is -0.147. The molecule has 0 aliphatic carbocycles. The molecule has 0 heterocycles. The van der Waals surface area contributed by atoms with E-state index in [0.717, 1.165) is 6.07 Å². The third-order valence-electron chi connectivity index (χ3n) is 2.65. The minimum Gasteiger partial charge on any atom is -0.478 e. The van der Waals surface area contributed by atoms with Crippen molar-refractivity contribution in [3.63, 3.8) is 0 Å². The topological polar surface area (TPSA) is 57.5 Å². The molecule has 2 rings (SSSR count). The van der Waals surface area contributed by atoms with E-state index in [0.29, 0.717) is 16.7 Å². The molecule has 0 aromatic heterocycles. The summed E-state index contributed by atoms with van der Waals surface area (Å²) >= 11 is 0. The zero-order chi connectivity index (χ0) is 13.1. The van der Waals surface area contributed by atoms with E-state index in [9.17, 15) is 9.18 Å². The fraction of sp³-hybridized carbons (Fsp3) is 0.0714. The van der Waals surface area contributed by atoms with E-state index in [4.69, 9.17) is 10.2 Å². The number of carboxylic acid groups (broad SMARTS) is 1. The highest BCUT2D eigenvalue weighted by molar-refractivity contribution is 5.96. The van der Waals surface area contributed by atoms with Crippen LogP contribution in [0.5, 0.6) is 0 Å². The van der Waals surface area contributed by atoms with E-state index in [1.165, 1.54) is 6.07 Å². The molecule has 0 bridgehead atoms. The van der Waals surface area contributed by atoms with Crippen LogP contribution in [0.2, 0.25) is 0 Å². The van der Waals surface area contributed by atoms with Gasteiger partial charge in [0, 0.05) is 0 Å². The maximum Gasteiger partial charge on any atom is 0.339 e. The predicted molar refractivity (Wildman–Crippen MR) is 64.7 cm³/mol. The van der Waals surface area contributed by atoms with Gasteiger partial charge in [0.2, 0.25) is 0 Å². The molecule has 0 aliphatic rings. The summed E-state index contributed by atoms with van der Waals surface area (Å²) in [6.07, 6.45) is 0. The molecule has 0 saturated heterocycles. The zero-order valence-corrected chi connectivity index (χ0v) is 9.43. The van der Waals surface area contributed by atoms with Crippen molar-refractivity contribution >= 4 is 5.97 Å². The number of carboxylic acids is 1. The number of aliphatic hydroxyl groups excluding tert-OH is 1. The monoisotopic (exact) mass is 246 g/mol. The van der Waals surface area contributed by atoms with Gasteiger partial charge in [-0.2, -0.15) is 0 Å². The van der Waals surface area contributed by atoms with Crippen LogP contribution in [0, 0.1) is 5.82 Å². The first-order valence-corrected chi connectivity index (χ1v) is 5.35. The molecule has 0 saturated carbocycles. The van der Waals surface area contributed by atoms with E-state index >= 15 is 0 Å². The van der Waals surface area contributed by atoms with Gasteiger partial charge in [-0.3, -0.25) is 0 Å². The summed E-state index contributed by atoms with van der Waals surface area (Å²) in [5.74, 6) is -2.08. The number of benzene rings is 2. The molecule has 18 heavy (non-hydrogen) atoms. The Kier molecular flexibility index (Phi) is 3.39. The van der Waals surface area contributed by atoms with Crippen molar-refractivity contribution in [1.82, 2.24) is 0 Å². The second kappa shape index (κ2) is 4.98. The summed E-state index contributed by atoms with van der Waals surface area (Å²) in [5, 5.41) is 18.1. The summed E-state index contributed by atoms with van der Waals surface area (Å²) in [4.78, 5) is 11.1. The second-order valence-electron chi connectivity index (χ2n) is 3.83. The van der Waals surface area contributed by atoms with Gasteiger partial charge >= 0.3 is 5.97 Å². The molecule has 0 spiro atoms. The Hall–Kier alpha value is -2.20. The van der Waals surface area contributed by atoms with Gasteiger partial charge in [-0.1, -0.05) is 30.3 Å². The second-order valence-corrected chi connectivity index (χ2v) is 3.83. The van der Waals surface area contributed by atoms with E-state index in [-0.39, 0.29) is 12.2 Å². The van der Waals surface area contributed by atoms with Crippen molar-refractivity contribution in [2.75, 3.05) is 0 Å². The Morgan fingerprint density at radius 2 is 1.89 bits per heavy atom. The molecule has 0 unspecified atom stereocenters. The number of carbonyl (C=O) groups is 1.